The molecule has 0 radical (unpaired) electrons. The topological polar surface area (TPSA) is 71.5 Å². The van der Waals surface area contributed by atoms with Gasteiger partial charge in [-0.15, -0.1) is 17.9 Å². The van der Waals surface area contributed by atoms with E-state index >= 15 is 0 Å². The molecule has 35 heavy (non-hydrogen) atoms. The predicted molar refractivity (Wildman–Crippen MR) is 139 cm³/mol. The van der Waals surface area contributed by atoms with Crippen molar-refractivity contribution in [3.8, 4) is 11.5 Å². The highest BCUT2D eigenvalue weighted by molar-refractivity contribution is 7.10. The van der Waals surface area contributed by atoms with Gasteiger partial charge in [0.25, 0.3) is 0 Å². The Morgan fingerprint density at radius 2 is 2.06 bits per heavy atom. The number of ether oxygens (including phenoxy) is 3. The fourth-order valence-electron chi connectivity index (χ4n) is 4.15. The molecule has 3 rings (SSSR count). The van der Waals surface area contributed by atoms with Gasteiger partial charge in [-0.1, -0.05) is 18.2 Å². The average Bonchev–Trinajstić information content (AvgIpc) is 3.30. The second-order valence-electron chi connectivity index (χ2n) is 9.67. The molecule has 1 N–H and O–H groups in total. The molecule has 1 aromatic heterocycles. The highest BCUT2D eigenvalue weighted by Crippen LogP contribution is 2.35. The second-order valence-corrected chi connectivity index (χ2v) is 10.7. The number of carbonyl (C=O) groups is 1. The van der Waals surface area contributed by atoms with Gasteiger partial charge in [-0.25, -0.2) is 0 Å². The minimum Gasteiger partial charge on any atom is -0.493 e. The molecule has 1 aromatic carbocycles. The third-order valence-electron chi connectivity index (χ3n) is 5.80. The molecular formula is C27H38N2O5S. The number of thiophene rings is 1. The fourth-order valence-corrected chi connectivity index (χ4v) is 5.07. The Bertz CT molecular complexity index is 970. The van der Waals surface area contributed by atoms with Crippen LogP contribution in [-0.2, 0) is 16.0 Å². The van der Waals surface area contributed by atoms with Crippen LogP contribution in [0.2, 0.25) is 0 Å². The van der Waals surface area contributed by atoms with Crippen LogP contribution in [0.4, 0.5) is 0 Å². The van der Waals surface area contributed by atoms with Crippen molar-refractivity contribution in [2.75, 3.05) is 46.5 Å². The Labute approximate surface area is 212 Å². The number of rotatable bonds is 12. The lowest BCUT2D eigenvalue weighted by Gasteiger charge is -2.37. The average molecular weight is 503 g/mol. The molecule has 2 heterocycles. The molecule has 1 amide bonds. The standard InChI is InChI=1S/C27H38N2O5S/c1-6-13-28(16-20(30)18-34-27(2,3)4)17-26(31)29-14-11-25-21(12-15-35-25)22(29)19-33-24-10-8-7-9-23(24)32-5/h6-10,12,15,20,22,30H,1,11,13-14,16-19H2,2-5H3. The first kappa shape index (κ1) is 27.2. The van der Waals surface area contributed by atoms with Crippen molar-refractivity contribution < 1.29 is 24.1 Å². The number of methoxy groups -OCH3 is 1. The lowest BCUT2D eigenvalue weighted by molar-refractivity contribution is -0.136. The van der Waals surface area contributed by atoms with Gasteiger partial charge < -0.3 is 24.2 Å². The first-order valence-corrected chi connectivity index (χ1v) is 12.9. The number of para-hydroxylation sites is 2. The van der Waals surface area contributed by atoms with E-state index in [9.17, 15) is 9.90 Å². The van der Waals surface area contributed by atoms with Crippen LogP contribution in [0.3, 0.4) is 0 Å². The molecule has 0 aliphatic carbocycles. The smallest absolute Gasteiger partial charge is 0.237 e. The largest absolute Gasteiger partial charge is 0.493 e. The van der Waals surface area contributed by atoms with Crippen molar-refractivity contribution in [3.05, 3.63) is 58.8 Å². The van der Waals surface area contributed by atoms with Gasteiger partial charge in [-0.3, -0.25) is 9.69 Å². The van der Waals surface area contributed by atoms with Gasteiger partial charge in [-0.2, -0.15) is 0 Å². The maximum atomic E-state index is 13.5. The van der Waals surface area contributed by atoms with Gasteiger partial charge in [0.05, 0.1) is 38.0 Å². The number of nitrogens with zero attached hydrogens (tertiary/aromatic N) is 2. The number of hydrogen-bond donors (Lipinski definition) is 1. The fraction of sp³-hybridized carbons (Fsp3) is 0.519. The van der Waals surface area contributed by atoms with Crippen LogP contribution in [-0.4, -0.2) is 79.0 Å². The summed E-state index contributed by atoms with van der Waals surface area (Å²) >= 11 is 1.72. The summed E-state index contributed by atoms with van der Waals surface area (Å²) in [6, 6.07) is 9.42. The number of aliphatic hydroxyl groups excluding tert-OH is 1. The van der Waals surface area contributed by atoms with E-state index in [0.717, 1.165) is 12.0 Å². The van der Waals surface area contributed by atoms with Crippen LogP contribution in [0.1, 0.15) is 37.3 Å². The van der Waals surface area contributed by atoms with Gasteiger partial charge >= 0.3 is 0 Å². The highest BCUT2D eigenvalue weighted by atomic mass is 32.1. The van der Waals surface area contributed by atoms with E-state index in [1.54, 1.807) is 24.5 Å². The minimum absolute atomic E-state index is 0.00117. The normalized spacial score (nSPS) is 16.6. The number of fused-ring (bicyclic) bond motifs is 1. The number of benzene rings is 1. The summed E-state index contributed by atoms with van der Waals surface area (Å²) in [5.74, 6) is 1.32. The van der Waals surface area contributed by atoms with Gasteiger partial charge in [-0.05, 0) is 56.3 Å². The van der Waals surface area contributed by atoms with E-state index in [-0.39, 0.29) is 30.7 Å². The van der Waals surface area contributed by atoms with Crippen molar-refractivity contribution >= 4 is 17.2 Å². The summed E-state index contributed by atoms with van der Waals surface area (Å²) in [5, 5.41) is 12.6. The Kier molecular flexibility index (Phi) is 9.74. The van der Waals surface area contributed by atoms with Crippen molar-refractivity contribution in [1.82, 2.24) is 9.80 Å². The van der Waals surface area contributed by atoms with Crippen LogP contribution in [0.25, 0.3) is 0 Å². The summed E-state index contributed by atoms with van der Waals surface area (Å²) in [6.07, 6.45) is 1.88. The first-order valence-electron chi connectivity index (χ1n) is 12.0. The monoisotopic (exact) mass is 502 g/mol. The van der Waals surface area contributed by atoms with Crippen molar-refractivity contribution in [2.24, 2.45) is 0 Å². The highest BCUT2D eigenvalue weighted by Gasteiger charge is 2.33. The number of amides is 1. The third-order valence-corrected chi connectivity index (χ3v) is 6.80. The van der Waals surface area contributed by atoms with Crippen molar-refractivity contribution in [2.45, 2.75) is 44.9 Å². The van der Waals surface area contributed by atoms with Gasteiger partial charge in [0.1, 0.15) is 6.61 Å². The van der Waals surface area contributed by atoms with Crippen molar-refractivity contribution in [1.29, 1.82) is 0 Å². The summed E-state index contributed by atoms with van der Waals surface area (Å²) in [6.45, 7) is 11.9. The zero-order valence-electron chi connectivity index (χ0n) is 21.2. The number of carbonyl (C=O) groups excluding carboxylic acids is 1. The molecule has 1 aliphatic heterocycles. The minimum atomic E-state index is -0.698. The zero-order chi connectivity index (χ0) is 25.4. The Morgan fingerprint density at radius 1 is 1.31 bits per heavy atom. The Morgan fingerprint density at radius 3 is 2.74 bits per heavy atom. The van der Waals surface area contributed by atoms with Crippen LogP contribution in [0, 0.1) is 0 Å². The van der Waals surface area contributed by atoms with E-state index in [0.29, 0.717) is 37.7 Å². The van der Waals surface area contributed by atoms with Crippen LogP contribution >= 0.6 is 11.3 Å². The first-order chi connectivity index (χ1) is 16.7. The van der Waals surface area contributed by atoms with Gasteiger partial charge in [0.15, 0.2) is 11.5 Å². The zero-order valence-corrected chi connectivity index (χ0v) is 22.1. The van der Waals surface area contributed by atoms with Crippen molar-refractivity contribution in [3.63, 3.8) is 0 Å². The molecule has 0 spiro atoms. The van der Waals surface area contributed by atoms with E-state index in [1.165, 1.54) is 4.88 Å². The van der Waals surface area contributed by atoms with Gasteiger partial charge in [0.2, 0.25) is 5.91 Å². The Hall–Kier alpha value is -2.39. The molecule has 2 aromatic rings. The Balaban J connectivity index is 1.70. The summed E-state index contributed by atoms with van der Waals surface area (Å²) in [4.78, 5) is 18.6. The van der Waals surface area contributed by atoms with E-state index < -0.39 is 6.10 Å². The van der Waals surface area contributed by atoms with E-state index in [1.807, 2.05) is 54.8 Å². The molecule has 1 aliphatic rings. The number of hydrogen-bond acceptors (Lipinski definition) is 7. The molecule has 0 bridgehead atoms. The predicted octanol–water partition coefficient (Wildman–Crippen LogP) is 3.93. The van der Waals surface area contributed by atoms with E-state index in [4.69, 9.17) is 14.2 Å². The maximum absolute atomic E-state index is 13.5. The summed E-state index contributed by atoms with van der Waals surface area (Å²) in [7, 11) is 1.62. The molecule has 0 saturated heterocycles. The molecule has 0 saturated carbocycles. The van der Waals surface area contributed by atoms with Crippen LogP contribution < -0.4 is 9.47 Å². The molecular weight excluding hydrogens is 464 g/mol. The maximum Gasteiger partial charge on any atom is 0.237 e. The van der Waals surface area contributed by atoms with E-state index in [2.05, 4.69) is 18.0 Å². The summed E-state index contributed by atoms with van der Waals surface area (Å²) < 4.78 is 17.3. The third kappa shape index (κ3) is 7.80. The molecule has 192 valence electrons. The van der Waals surface area contributed by atoms with Crippen LogP contribution in [0.5, 0.6) is 11.5 Å². The molecule has 2 unspecified atom stereocenters. The number of aliphatic hydroxyl groups is 1. The molecule has 2 atom stereocenters. The molecule has 8 heteroatoms. The lowest BCUT2D eigenvalue weighted by Crippen LogP contribution is -2.48. The molecule has 7 nitrogen and oxygen atoms in total. The second kappa shape index (κ2) is 12.5. The SMILES string of the molecule is C=CCN(CC(=O)N1CCc2sccc2C1COc1ccccc1OC)CC(O)COC(C)(C)C. The summed E-state index contributed by atoms with van der Waals surface area (Å²) in [5.41, 5.74) is 0.805. The van der Waals surface area contributed by atoms with Gasteiger partial charge in [0, 0.05) is 24.5 Å². The quantitative estimate of drug-likeness (QED) is 0.444. The molecule has 0 fully saturated rings. The lowest BCUT2D eigenvalue weighted by atomic mass is 10.0. The van der Waals surface area contributed by atoms with Crippen LogP contribution in [0.15, 0.2) is 48.4 Å².